The zero-order valence-corrected chi connectivity index (χ0v) is 19.7. The number of esters is 1. The largest absolute Gasteiger partial charge is 0.456 e. The smallest absolute Gasteiger partial charge is 0.416 e. The molecule has 1 N–H and O–H groups in total. The number of rotatable bonds is 7. The van der Waals surface area contributed by atoms with Crippen LogP contribution in [0.5, 0.6) is 5.75 Å². The topological polar surface area (TPSA) is 41.6 Å². The summed E-state index contributed by atoms with van der Waals surface area (Å²) in [5, 5.41) is 0.0469. The summed E-state index contributed by atoms with van der Waals surface area (Å²) < 4.78 is 113. The fraction of sp³-hybridized carbons (Fsp3) is 0.350. The second kappa shape index (κ2) is 11.5. The van der Waals surface area contributed by atoms with Gasteiger partial charge < -0.3 is 4.74 Å². The Morgan fingerprint density at radius 3 is 2.17 bits per heavy atom. The molecule has 1 saturated heterocycles. The zero-order chi connectivity index (χ0) is 25.9. The number of halogens is 9. The first-order valence-corrected chi connectivity index (χ1v) is 11.8. The van der Waals surface area contributed by atoms with Crippen LogP contribution in [-0.2, 0) is 0 Å². The van der Waals surface area contributed by atoms with Gasteiger partial charge in [-0.3, -0.25) is 4.72 Å². The van der Waals surface area contributed by atoms with E-state index in [1.165, 1.54) is 12.1 Å². The number of carbonyl (C=O) groups is 1. The number of hydrogen-bond donors (Lipinski definition) is 1. The third kappa shape index (κ3) is 7.15. The van der Waals surface area contributed by atoms with Gasteiger partial charge in [-0.2, -0.15) is 22.0 Å². The highest BCUT2D eigenvalue weighted by molar-refractivity contribution is 7.98. The van der Waals surface area contributed by atoms with E-state index >= 15 is 0 Å². The maximum atomic E-state index is 13.9. The molecule has 0 spiro atoms. The van der Waals surface area contributed by atoms with Crippen LogP contribution in [0.3, 0.4) is 0 Å². The number of nitrogens with zero attached hydrogens (tertiary/aromatic N) is 1. The van der Waals surface area contributed by atoms with Gasteiger partial charge in [0.1, 0.15) is 0 Å². The van der Waals surface area contributed by atoms with Crippen molar-refractivity contribution in [1.82, 2.24) is 9.03 Å². The molecule has 0 saturated carbocycles. The average molecular weight is 567 g/mol. The molecule has 2 aromatic rings. The van der Waals surface area contributed by atoms with Crippen LogP contribution < -0.4 is 9.46 Å². The summed E-state index contributed by atoms with van der Waals surface area (Å²) in [6.45, 7) is 1.05. The highest BCUT2D eigenvalue weighted by Crippen LogP contribution is 2.35. The second-order valence-corrected chi connectivity index (χ2v) is 9.82. The Labute approximate surface area is 207 Å². The van der Waals surface area contributed by atoms with Crippen molar-refractivity contribution in [3.8, 4) is 5.75 Å². The maximum Gasteiger partial charge on any atom is 0.456 e. The third-order valence-electron chi connectivity index (χ3n) is 4.89. The third-order valence-corrected chi connectivity index (χ3v) is 6.84. The Bertz CT molecular complexity index is 1070. The summed E-state index contributed by atoms with van der Waals surface area (Å²) in [6, 6.07) is 3.95. The van der Waals surface area contributed by atoms with Gasteiger partial charge in [0.05, 0.1) is 5.56 Å². The molecular formula is C20H15ClF8N2O2S2. The van der Waals surface area contributed by atoms with E-state index in [2.05, 4.69) is 9.46 Å². The molecule has 1 aliphatic heterocycles. The lowest BCUT2D eigenvalue weighted by atomic mass is 9.99. The molecule has 1 fully saturated rings. The molecule has 0 radical (unpaired) electrons. The van der Waals surface area contributed by atoms with Crippen molar-refractivity contribution < 1.29 is 44.7 Å². The highest BCUT2D eigenvalue weighted by Gasteiger charge is 2.31. The van der Waals surface area contributed by atoms with Gasteiger partial charge in [-0.15, -0.1) is 0 Å². The summed E-state index contributed by atoms with van der Waals surface area (Å²) in [5.74, 6) is -14.7. The van der Waals surface area contributed by atoms with Crippen molar-refractivity contribution in [2.24, 2.45) is 5.92 Å². The minimum atomic E-state index is -4.38. The van der Waals surface area contributed by atoms with Crippen LogP contribution in [0.4, 0.5) is 35.1 Å². The molecule has 192 valence electrons. The summed E-state index contributed by atoms with van der Waals surface area (Å²) in [7, 11) is 0. The van der Waals surface area contributed by atoms with Crippen molar-refractivity contribution in [2.75, 3.05) is 19.6 Å². The van der Waals surface area contributed by atoms with Gasteiger partial charge in [-0.1, -0.05) is 11.6 Å². The highest BCUT2D eigenvalue weighted by atomic mass is 35.5. The average Bonchev–Trinajstić information content (AvgIpc) is 2.80. The van der Waals surface area contributed by atoms with Crippen LogP contribution in [0, 0.1) is 35.0 Å². The first-order valence-electron chi connectivity index (χ1n) is 9.81. The van der Waals surface area contributed by atoms with Gasteiger partial charge in [0.2, 0.25) is 34.8 Å². The number of alkyl halides is 3. The molecule has 0 amide bonds. The minimum Gasteiger partial charge on any atom is -0.416 e. The fourth-order valence-corrected chi connectivity index (χ4v) is 4.84. The quantitative estimate of drug-likeness (QED) is 0.100. The predicted molar refractivity (Wildman–Crippen MR) is 114 cm³/mol. The molecule has 15 heteroatoms. The van der Waals surface area contributed by atoms with E-state index in [-0.39, 0.29) is 39.9 Å². The van der Waals surface area contributed by atoms with Crippen molar-refractivity contribution in [1.29, 1.82) is 0 Å². The SMILES string of the molecule is O=C(Oc1c(F)c(F)c(F)c(F)c1F)c1cc(Cl)ccc1SN1CCC(CNSC(F)(F)F)CC1. The molecule has 4 nitrogen and oxygen atoms in total. The van der Waals surface area contributed by atoms with Crippen molar-refractivity contribution in [3.63, 3.8) is 0 Å². The van der Waals surface area contributed by atoms with Crippen LogP contribution >= 0.6 is 35.5 Å². The number of hydrogen-bond acceptors (Lipinski definition) is 6. The fourth-order valence-electron chi connectivity index (χ4n) is 3.15. The second-order valence-electron chi connectivity index (χ2n) is 7.29. The summed E-state index contributed by atoms with van der Waals surface area (Å²) >= 11 is 6.65. The molecule has 3 rings (SSSR count). The number of carbonyl (C=O) groups excluding carboxylic acids is 1. The van der Waals surface area contributed by atoms with Crippen LogP contribution in [0.2, 0.25) is 5.02 Å². The molecular weight excluding hydrogens is 552 g/mol. The Balaban J connectivity index is 1.69. The van der Waals surface area contributed by atoms with E-state index in [1.807, 2.05) is 4.31 Å². The Morgan fingerprint density at radius 2 is 1.60 bits per heavy atom. The number of piperidine rings is 1. The number of ether oxygens (including phenoxy) is 1. The van der Waals surface area contributed by atoms with E-state index in [0.717, 1.165) is 18.0 Å². The normalized spacial score (nSPS) is 15.5. The lowest BCUT2D eigenvalue weighted by Crippen LogP contribution is -2.33. The molecule has 2 aromatic carbocycles. The van der Waals surface area contributed by atoms with Crippen molar-refractivity contribution >= 4 is 41.5 Å². The molecule has 0 atom stereocenters. The van der Waals surface area contributed by atoms with E-state index in [4.69, 9.17) is 11.6 Å². The van der Waals surface area contributed by atoms with Crippen LogP contribution in [0.25, 0.3) is 0 Å². The molecule has 1 aliphatic rings. The maximum absolute atomic E-state index is 13.9. The molecule has 0 aromatic heterocycles. The first kappa shape index (κ1) is 27.8. The summed E-state index contributed by atoms with van der Waals surface area (Å²) in [6.07, 6.45) is 1.10. The minimum absolute atomic E-state index is 0.00873. The van der Waals surface area contributed by atoms with Crippen molar-refractivity contribution in [2.45, 2.75) is 23.2 Å². The van der Waals surface area contributed by atoms with Crippen molar-refractivity contribution in [3.05, 3.63) is 57.9 Å². The van der Waals surface area contributed by atoms with Gasteiger partial charge in [-0.25, -0.2) is 22.3 Å². The first-order chi connectivity index (χ1) is 16.4. The molecule has 1 heterocycles. The molecule has 0 bridgehead atoms. The van der Waals surface area contributed by atoms with Gasteiger partial charge in [-0.05, 0) is 48.9 Å². The van der Waals surface area contributed by atoms with Crippen LogP contribution in [0.15, 0.2) is 23.1 Å². The van der Waals surface area contributed by atoms with Gasteiger partial charge in [0.15, 0.2) is 0 Å². The Morgan fingerprint density at radius 1 is 1.03 bits per heavy atom. The monoisotopic (exact) mass is 566 g/mol. The summed E-state index contributed by atoms with van der Waals surface area (Å²) in [4.78, 5) is 12.8. The van der Waals surface area contributed by atoms with E-state index in [9.17, 15) is 39.9 Å². The number of nitrogens with one attached hydrogen (secondary N) is 1. The summed E-state index contributed by atoms with van der Waals surface area (Å²) in [5.41, 5.74) is -4.66. The van der Waals surface area contributed by atoms with E-state index < -0.39 is 46.3 Å². The molecule has 0 aliphatic carbocycles. The van der Waals surface area contributed by atoms with Gasteiger partial charge in [0.25, 0.3) is 0 Å². The van der Waals surface area contributed by atoms with Gasteiger partial charge in [0, 0.05) is 41.5 Å². The lowest BCUT2D eigenvalue weighted by molar-refractivity contribution is -0.0336. The lowest BCUT2D eigenvalue weighted by Gasteiger charge is -2.31. The Kier molecular flexibility index (Phi) is 9.18. The predicted octanol–water partition coefficient (Wildman–Crippen LogP) is 6.73. The Hall–Kier alpha value is -1.74. The molecule has 35 heavy (non-hydrogen) atoms. The molecule has 0 unspecified atom stereocenters. The van der Waals surface area contributed by atoms with Gasteiger partial charge >= 0.3 is 11.5 Å². The van der Waals surface area contributed by atoms with Crippen LogP contribution in [0.1, 0.15) is 23.2 Å². The number of benzene rings is 2. The van der Waals surface area contributed by atoms with Crippen LogP contribution in [-0.4, -0.2) is 35.4 Å². The zero-order valence-electron chi connectivity index (χ0n) is 17.3. The van der Waals surface area contributed by atoms with E-state index in [0.29, 0.717) is 25.9 Å². The van der Waals surface area contributed by atoms with E-state index in [1.54, 1.807) is 0 Å². The standard InChI is InChI=1S/C20H15ClF8N2O2S2/c21-10-1-2-12(34-31-5-3-9(4-6-31)8-30-35-20(27,28)29)11(7-10)19(32)33-18-16(25)14(23)13(22)15(24)17(18)26/h1-2,7,9,30H,3-6,8H2.